The van der Waals surface area contributed by atoms with Gasteiger partial charge < -0.3 is 9.72 Å². The lowest BCUT2D eigenvalue weighted by molar-refractivity contribution is -0.139. The van der Waals surface area contributed by atoms with Crippen molar-refractivity contribution in [2.45, 2.75) is 40.7 Å². The number of nitrogens with zero attached hydrogens (tertiary/aromatic N) is 2. The molecule has 7 heteroatoms. The summed E-state index contributed by atoms with van der Waals surface area (Å²) in [5.74, 6) is -0.444. The van der Waals surface area contributed by atoms with Crippen molar-refractivity contribution in [1.82, 2.24) is 9.55 Å². The van der Waals surface area contributed by atoms with E-state index in [1.54, 1.807) is 18.4 Å². The molecule has 160 valence electrons. The van der Waals surface area contributed by atoms with Crippen LogP contribution in [0.3, 0.4) is 0 Å². The second kappa shape index (κ2) is 8.15. The van der Waals surface area contributed by atoms with Gasteiger partial charge in [-0.15, -0.1) is 0 Å². The number of allylic oxidation sites excluding steroid dienone is 1. The van der Waals surface area contributed by atoms with Crippen molar-refractivity contribution in [3.05, 3.63) is 89.4 Å². The van der Waals surface area contributed by atoms with Crippen LogP contribution in [-0.2, 0) is 9.53 Å². The highest BCUT2D eigenvalue weighted by molar-refractivity contribution is 7.07. The maximum atomic E-state index is 13.5. The largest absolute Gasteiger partial charge is 0.463 e. The molecule has 1 aliphatic rings. The molecule has 0 saturated heterocycles. The normalized spacial score (nSPS) is 16.3. The van der Waals surface area contributed by atoms with Crippen LogP contribution < -0.4 is 14.9 Å². The average Bonchev–Trinajstić information content (AvgIpc) is 3.19. The molecule has 31 heavy (non-hydrogen) atoms. The summed E-state index contributed by atoms with van der Waals surface area (Å²) in [6.45, 7) is 9.79. The summed E-state index contributed by atoms with van der Waals surface area (Å²) in [6.07, 6.45) is 1.89. The lowest BCUT2D eigenvalue weighted by Gasteiger charge is -2.24. The van der Waals surface area contributed by atoms with Gasteiger partial charge in [-0.05, 0) is 57.9 Å². The fourth-order valence-electron chi connectivity index (χ4n) is 3.89. The Morgan fingerprint density at radius 2 is 1.94 bits per heavy atom. The molecule has 0 spiro atoms. The molecule has 0 unspecified atom stereocenters. The number of H-pyrrole nitrogens is 1. The predicted octanol–water partition coefficient (Wildman–Crippen LogP) is 3.05. The van der Waals surface area contributed by atoms with E-state index in [1.807, 2.05) is 57.2 Å². The van der Waals surface area contributed by atoms with Crippen LogP contribution in [0.25, 0.3) is 6.08 Å². The monoisotopic (exact) mass is 435 g/mol. The Balaban J connectivity index is 1.97. The highest BCUT2D eigenvalue weighted by Crippen LogP contribution is 2.30. The standard InChI is InChI=1S/C24H25N3O3S/c1-6-30-23(29)20-16(5)26-24-27(21(20)17-9-7-13(2)8-10-17)22(28)19(31-24)12-18-11-14(3)25-15(18)4/h7-12,21,25H,6H2,1-5H3/t21-/m1/s1. The summed E-state index contributed by atoms with van der Waals surface area (Å²) in [5, 5.41) is 0. The Morgan fingerprint density at radius 3 is 2.55 bits per heavy atom. The maximum Gasteiger partial charge on any atom is 0.338 e. The zero-order valence-corrected chi connectivity index (χ0v) is 19.1. The number of esters is 1. The van der Waals surface area contributed by atoms with Gasteiger partial charge in [-0.25, -0.2) is 9.79 Å². The van der Waals surface area contributed by atoms with Crippen molar-refractivity contribution in [3.63, 3.8) is 0 Å². The molecule has 0 fully saturated rings. The minimum atomic E-state index is -0.577. The van der Waals surface area contributed by atoms with Crippen molar-refractivity contribution in [3.8, 4) is 0 Å². The lowest BCUT2D eigenvalue weighted by atomic mass is 9.95. The second-order valence-electron chi connectivity index (χ2n) is 7.75. The minimum absolute atomic E-state index is 0.165. The zero-order chi connectivity index (χ0) is 22.3. The van der Waals surface area contributed by atoms with Gasteiger partial charge in [-0.2, -0.15) is 0 Å². The third kappa shape index (κ3) is 3.81. The topological polar surface area (TPSA) is 76.4 Å². The molecule has 1 atom stereocenters. The molecule has 0 aliphatic carbocycles. The van der Waals surface area contributed by atoms with Gasteiger partial charge in [-0.3, -0.25) is 9.36 Å². The fraction of sp³-hybridized carbons (Fsp3) is 0.292. The molecule has 0 bridgehead atoms. The van der Waals surface area contributed by atoms with E-state index in [2.05, 4.69) is 9.98 Å². The number of ether oxygens (including phenoxy) is 1. The number of rotatable bonds is 4. The third-order valence-electron chi connectivity index (χ3n) is 5.39. The highest BCUT2D eigenvalue weighted by atomic mass is 32.1. The summed E-state index contributed by atoms with van der Waals surface area (Å²) >= 11 is 1.34. The van der Waals surface area contributed by atoms with E-state index in [-0.39, 0.29) is 12.2 Å². The molecule has 1 N–H and O–H groups in total. The van der Waals surface area contributed by atoms with Crippen LogP contribution in [0.1, 0.15) is 48.0 Å². The Kier molecular flexibility index (Phi) is 5.54. The number of carbonyl (C=O) groups is 1. The smallest absolute Gasteiger partial charge is 0.338 e. The highest BCUT2D eigenvalue weighted by Gasteiger charge is 2.33. The van der Waals surface area contributed by atoms with Crippen LogP contribution in [-0.4, -0.2) is 22.1 Å². The Hall–Kier alpha value is -3.19. The first-order valence-electron chi connectivity index (χ1n) is 10.2. The molecular weight excluding hydrogens is 410 g/mol. The summed E-state index contributed by atoms with van der Waals surface area (Å²) in [6, 6.07) is 9.31. The average molecular weight is 436 g/mol. The van der Waals surface area contributed by atoms with Crippen LogP contribution in [0.4, 0.5) is 0 Å². The minimum Gasteiger partial charge on any atom is -0.463 e. The molecule has 1 aromatic carbocycles. The van der Waals surface area contributed by atoms with Gasteiger partial charge in [0.25, 0.3) is 5.56 Å². The van der Waals surface area contributed by atoms with Crippen molar-refractivity contribution >= 4 is 23.4 Å². The van der Waals surface area contributed by atoms with Gasteiger partial charge in [0, 0.05) is 11.4 Å². The Morgan fingerprint density at radius 1 is 1.23 bits per heavy atom. The van der Waals surface area contributed by atoms with E-state index in [4.69, 9.17) is 4.74 Å². The van der Waals surface area contributed by atoms with Crippen LogP contribution in [0.2, 0.25) is 0 Å². The number of fused-ring (bicyclic) bond motifs is 1. The number of aromatic nitrogens is 2. The molecule has 1 aliphatic heterocycles. The van der Waals surface area contributed by atoms with Crippen molar-refractivity contribution in [2.75, 3.05) is 6.61 Å². The quantitative estimate of drug-likeness (QED) is 0.640. The number of aromatic amines is 1. The Bertz CT molecular complexity index is 1370. The molecule has 0 saturated carbocycles. The van der Waals surface area contributed by atoms with E-state index in [1.165, 1.54) is 11.3 Å². The fourth-order valence-corrected chi connectivity index (χ4v) is 4.93. The van der Waals surface area contributed by atoms with Crippen LogP contribution in [0.15, 0.2) is 51.4 Å². The number of aryl methyl sites for hydroxylation is 3. The molecule has 0 radical (unpaired) electrons. The molecule has 3 aromatic rings. The number of nitrogens with one attached hydrogen (secondary N) is 1. The number of benzene rings is 1. The first-order valence-corrected chi connectivity index (χ1v) is 11.0. The van der Waals surface area contributed by atoms with Crippen LogP contribution in [0.5, 0.6) is 0 Å². The predicted molar refractivity (Wildman–Crippen MR) is 122 cm³/mol. The summed E-state index contributed by atoms with van der Waals surface area (Å²) in [4.78, 5) is 34.8. The molecular formula is C24H25N3O3S. The van der Waals surface area contributed by atoms with Crippen LogP contribution >= 0.6 is 11.3 Å². The summed E-state index contributed by atoms with van der Waals surface area (Å²) in [7, 11) is 0. The number of carbonyl (C=O) groups excluding carboxylic acids is 1. The van der Waals surface area contributed by atoms with Gasteiger partial charge in [-0.1, -0.05) is 41.2 Å². The Labute approximate surface area is 184 Å². The van der Waals surface area contributed by atoms with Gasteiger partial charge in [0.15, 0.2) is 4.80 Å². The number of thiazole rings is 1. The van der Waals surface area contributed by atoms with Gasteiger partial charge in [0.05, 0.1) is 28.5 Å². The molecule has 6 nitrogen and oxygen atoms in total. The number of hydrogen-bond acceptors (Lipinski definition) is 5. The SMILES string of the molecule is CCOC(=O)C1=C(C)N=c2sc(=Cc3cc(C)[nH]c3C)c(=O)n2[C@@H]1c1ccc(C)cc1. The maximum absolute atomic E-state index is 13.5. The van der Waals surface area contributed by atoms with E-state index in [0.29, 0.717) is 20.6 Å². The van der Waals surface area contributed by atoms with Crippen LogP contribution in [0, 0.1) is 20.8 Å². The molecule has 4 rings (SSSR count). The lowest BCUT2D eigenvalue weighted by Crippen LogP contribution is -2.39. The summed E-state index contributed by atoms with van der Waals surface area (Å²) < 4.78 is 7.52. The first-order chi connectivity index (χ1) is 14.8. The van der Waals surface area contributed by atoms with E-state index in [0.717, 1.165) is 28.1 Å². The first kappa shape index (κ1) is 21.1. The van der Waals surface area contributed by atoms with Crippen molar-refractivity contribution in [2.24, 2.45) is 4.99 Å². The van der Waals surface area contributed by atoms with E-state index in [9.17, 15) is 9.59 Å². The molecule has 3 heterocycles. The second-order valence-corrected chi connectivity index (χ2v) is 8.75. The molecule has 0 amide bonds. The van der Waals surface area contributed by atoms with E-state index >= 15 is 0 Å². The van der Waals surface area contributed by atoms with Gasteiger partial charge in [0.1, 0.15) is 0 Å². The summed E-state index contributed by atoms with van der Waals surface area (Å²) in [5.41, 5.74) is 5.77. The van der Waals surface area contributed by atoms with Gasteiger partial charge in [0.2, 0.25) is 0 Å². The zero-order valence-electron chi connectivity index (χ0n) is 18.3. The van der Waals surface area contributed by atoms with Gasteiger partial charge >= 0.3 is 5.97 Å². The number of hydrogen-bond donors (Lipinski definition) is 1. The molecule has 2 aromatic heterocycles. The van der Waals surface area contributed by atoms with Crippen molar-refractivity contribution in [1.29, 1.82) is 0 Å². The van der Waals surface area contributed by atoms with E-state index < -0.39 is 12.0 Å². The van der Waals surface area contributed by atoms with Crippen molar-refractivity contribution < 1.29 is 9.53 Å². The third-order valence-corrected chi connectivity index (χ3v) is 6.37.